The molecule has 0 aliphatic carbocycles. The highest BCUT2D eigenvalue weighted by molar-refractivity contribution is 5.30. The van der Waals surface area contributed by atoms with Gasteiger partial charge in [0.1, 0.15) is 0 Å². The van der Waals surface area contributed by atoms with Crippen molar-refractivity contribution < 1.29 is 4.74 Å². The summed E-state index contributed by atoms with van der Waals surface area (Å²) >= 11 is 0. The van der Waals surface area contributed by atoms with E-state index in [2.05, 4.69) is 5.10 Å². The van der Waals surface area contributed by atoms with Crippen molar-refractivity contribution in [2.24, 2.45) is 0 Å². The topological polar surface area (TPSA) is 27.1 Å². The van der Waals surface area contributed by atoms with Crippen molar-refractivity contribution >= 4 is 0 Å². The fourth-order valence-electron chi connectivity index (χ4n) is 1.31. The first-order valence-electron chi connectivity index (χ1n) is 4.49. The number of aromatic nitrogens is 2. The fourth-order valence-corrected chi connectivity index (χ4v) is 1.31. The second-order valence-corrected chi connectivity index (χ2v) is 3.02. The van der Waals surface area contributed by atoms with Crippen LogP contribution in [0.15, 0.2) is 42.6 Å². The molecule has 0 aliphatic rings. The van der Waals surface area contributed by atoms with Gasteiger partial charge in [-0.3, -0.25) is 0 Å². The largest absolute Gasteiger partial charge is 0.378 e. The van der Waals surface area contributed by atoms with Crippen molar-refractivity contribution in [3.8, 4) is 5.69 Å². The molecule has 0 fully saturated rings. The highest BCUT2D eigenvalue weighted by Crippen LogP contribution is 2.06. The molecule has 0 N–H and O–H groups in total. The maximum absolute atomic E-state index is 5.00. The number of nitrogens with zero attached hydrogens (tertiary/aromatic N) is 2. The summed E-state index contributed by atoms with van der Waals surface area (Å²) in [5.41, 5.74) is 2.01. The molecule has 0 saturated heterocycles. The maximum atomic E-state index is 5.00. The monoisotopic (exact) mass is 188 g/mol. The van der Waals surface area contributed by atoms with Gasteiger partial charge < -0.3 is 4.74 Å². The molecule has 0 aliphatic heterocycles. The van der Waals surface area contributed by atoms with E-state index in [4.69, 9.17) is 4.74 Å². The summed E-state index contributed by atoms with van der Waals surface area (Å²) in [6.45, 7) is 0.555. The average Bonchev–Trinajstić information content (AvgIpc) is 2.68. The van der Waals surface area contributed by atoms with Crippen LogP contribution in [0.4, 0.5) is 0 Å². The smallest absolute Gasteiger partial charge is 0.0902 e. The molecule has 1 heterocycles. The van der Waals surface area contributed by atoms with Crippen molar-refractivity contribution in [2.45, 2.75) is 6.61 Å². The molecule has 2 aromatic rings. The second kappa shape index (κ2) is 4.07. The van der Waals surface area contributed by atoms with Crippen LogP contribution >= 0.6 is 0 Å². The molecule has 0 saturated carbocycles. The first-order valence-corrected chi connectivity index (χ1v) is 4.49. The summed E-state index contributed by atoms with van der Waals surface area (Å²) in [6.07, 6.45) is 1.93. The Bertz CT molecular complexity index is 395. The van der Waals surface area contributed by atoms with E-state index in [0.717, 1.165) is 11.4 Å². The van der Waals surface area contributed by atoms with Gasteiger partial charge in [-0.05, 0) is 18.2 Å². The van der Waals surface area contributed by atoms with Gasteiger partial charge >= 0.3 is 0 Å². The number of methoxy groups -OCH3 is 1. The quantitative estimate of drug-likeness (QED) is 0.736. The Kier molecular flexibility index (Phi) is 2.60. The van der Waals surface area contributed by atoms with E-state index in [0.29, 0.717) is 6.61 Å². The summed E-state index contributed by atoms with van der Waals surface area (Å²) in [4.78, 5) is 0. The van der Waals surface area contributed by atoms with Crippen molar-refractivity contribution in [1.29, 1.82) is 0 Å². The van der Waals surface area contributed by atoms with E-state index < -0.39 is 0 Å². The third-order valence-corrected chi connectivity index (χ3v) is 1.96. The Labute approximate surface area is 82.9 Å². The standard InChI is InChI=1S/C11H12N2O/c1-14-9-10-7-8-13(12-10)11-5-3-2-4-6-11/h2-8H,9H2,1H3. The van der Waals surface area contributed by atoms with E-state index in [1.807, 2.05) is 47.3 Å². The average molecular weight is 188 g/mol. The number of ether oxygens (including phenoxy) is 1. The van der Waals surface area contributed by atoms with Gasteiger partial charge in [-0.15, -0.1) is 0 Å². The third kappa shape index (κ3) is 1.83. The number of benzene rings is 1. The molecule has 0 radical (unpaired) electrons. The minimum atomic E-state index is 0.555. The minimum Gasteiger partial charge on any atom is -0.378 e. The Morgan fingerprint density at radius 1 is 1.21 bits per heavy atom. The van der Waals surface area contributed by atoms with Gasteiger partial charge in [-0.25, -0.2) is 4.68 Å². The molecule has 14 heavy (non-hydrogen) atoms. The minimum absolute atomic E-state index is 0.555. The zero-order chi connectivity index (χ0) is 9.80. The predicted octanol–water partition coefficient (Wildman–Crippen LogP) is 2.02. The maximum Gasteiger partial charge on any atom is 0.0902 e. The molecule has 0 bridgehead atoms. The molecule has 0 spiro atoms. The molecule has 72 valence electrons. The molecule has 0 atom stereocenters. The normalized spacial score (nSPS) is 10.4. The van der Waals surface area contributed by atoms with Crippen LogP contribution in [0.2, 0.25) is 0 Å². The Balaban J connectivity index is 2.25. The van der Waals surface area contributed by atoms with Crippen molar-refractivity contribution in [2.75, 3.05) is 7.11 Å². The Morgan fingerprint density at radius 2 is 2.00 bits per heavy atom. The van der Waals surface area contributed by atoms with E-state index >= 15 is 0 Å². The SMILES string of the molecule is COCc1ccn(-c2ccccc2)n1. The molecular weight excluding hydrogens is 176 g/mol. The number of para-hydroxylation sites is 1. The van der Waals surface area contributed by atoms with Crippen molar-refractivity contribution in [3.05, 3.63) is 48.3 Å². The van der Waals surface area contributed by atoms with Crippen LogP contribution in [0.3, 0.4) is 0 Å². The molecule has 0 unspecified atom stereocenters. The summed E-state index contributed by atoms with van der Waals surface area (Å²) in [5.74, 6) is 0. The summed E-state index contributed by atoms with van der Waals surface area (Å²) < 4.78 is 6.84. The van der Waals surface area contributed by atoms with Gasteiger partial charge in [0.15, 0.2) is 0 Å². The number of hydrogen-bond donors (Lipinski definition) is 0. The summed E-state index contributed by atoms with van der Waals surface area (Å²) in [6, 6.07) is 12.0. The lowest BCUT2D eigenvalue weighted by molar-refractivity contribution is 0.181. The molecule has 0 amide bonds. The van der Waals surface area contributed by atoms with Crippen molar-refractivity contribution in [3.63, 3.8) is 0 Å². The molecule has 3 nitrogen and oxygen atoms in total. The molecule has 1 aromatic heterocycles. The Morgan fingerprint density at radius 3 is 2.71 bits per heavy atom. The Hall–Kier alpha value is -1.61. The van der Waals surface area contributed by atoms with Gasteiger partial charge in [-0.2, -0.15) is 5.10 Å². The van der Waals surface area contributed by atoms with Gasteiger partial charge in [0.25, 0.3) is 0 Å². The van der Waals surface area contributed by atoms with Crippen LogP contribution < -0.4 is 0 Å². The zero-order valence-electron chi connectivity index (χ0n) is 8.05. The van der Waals surface area contributed by atoms with E-state index in [1.165, 1.54) is 0 Å². The third-order valence-electron chi connectivity index (χ3n) is 1.96. The highest BCUT2D eigenvalue weighted by atomic mass is 16.5. The second-order valence-electron chi connectivity index (χ2n) is 3.02. The highest BCUT2D eigenvalue weighted by Gasteiger charge is 1.99. The molecule has 3 heteroatoms. The van der Waals surface area contributed by atoms with Crippen LogP contribution in [-0.2, 0) is 11.3 Å². The van der Waals surface area contributed by atoms with Gasteiger partial charge in [-0.1, -0.05) is 18.2 Å². The molecule has 1 aromatic carbocycles. The first kappa shape index (κ1) is 8.97. The van der Waals surface area contributed by atoms with E-state index in [9.17, 15) is 0 Å². The van der Waals surface area contributed by atoms with Gasteiger partial charge in [0.05, 0.1) is 18.0 Å². The van der Waals surface area contributed by atoms with Crippen LogP contribution in [-0.4, -0.2) is 16.9 Å². The first-order chi connectivity index (χ1) is 6.90. The lowest BCUT2D eigenvalue weighted by Gasteiger charge is -1.99. The summed E-state index contributed by atoms with van der Waals surface area (Å²) in [5, 5.41) is 4.36. The molecule has 2 rings (SSSR count). The van der Waals surface area contributed by atoms with Crippen LogP contribution in [0.5, 0.6) is 0 Å². The van der Waals surface area contributed by atoms with Crippen molar-refractivity contribution in [1.82, 2.24) is 9.78 Å². The zero-order valence-corrected chi connectivity index (χ0v) is 8.05. The van der Waals surface area contributed by atoms with Crippen LogP contribution in [0.1, 0.15) is 5.69 Å². The van der Waals surface area contributed by atoms with E-state index in [-0.39, 0.29) is 0 Å². The van der Waals surface area contributed by atoms with Gasteiger partial charge in [0.2, 0.25) is 0 Å². The molecular formula is C11H12N2O. The summed E-state index contributed by atoms with van der Waals surface area (Å²) in [7, 11) is 1.67. The van der Waals surface area contributed by atoms with E-state index in [1.54, 1.807) is 7.11 Å². The number of hydrogen-bond acceptors (Lipinski definition) is 2. The van der Waals surface area contributed by atoms with Crippen LogP contribution in [0.25, 0.3) is 5.69 Å². The lowest BCUT2D eigenvalue weighted by Crippen LogP contribution is -1.96. The lowest BCUT2D eigenvalue weighted by atomic mass is 10.3. The fraction of sp³-hybridized carbons (Fsp3) is 0.182. The van der Waals surface area contributed by atoms with Gasteiger partial charge in [0, 0.05) is 13.3 Å². The predicted molar refractivity (Wildman–Crippen MR) is 54.3 cm³/mol. The number of rotatable bonds is 3. The van der Waals surface area contributed by atoms with Crippen LogP contribution in [0, 0.1) is 0 Å².